The summed E-state index contributed by atoms with van der Waals surface area (Å²) in [4.78, 5) is 25.5. The summed E-state index contributed by atoms with van der Waals surface area (Å²) in [6.07, 6.45) is 1.15. The van der Waals surface area contributed by atoms with Crippen molar-refractivity contribution in [1.29, 1.82) is 0 Å². The van der Waals surface area contributed by atoms with Gasteiger partial charge in [0, 0.05) is 44.6 Å². The average molecular weight is 414 g/mol. The summed E-state index contributed by atoms with van der Waals surface area (Å²) in [6.45, 7) is 3.78. The molecule has 162 valence electrons. The van der Waals surface area contributed by atoms with Crippen LogP contribution in [0.2, 0.25) is 0 Å². The largest absolute Gasteiger partial charge is 0.491 e. The van der Waals surface area contributed by atoms with Gasteiger partial charge < -0.3 is 25.0 Å². The van der Waals surface area contributed by atoms with Crippen LogP contribution in [0.15, 0.2) is 48.5 Å². The molecule has 0 heterocycles. The van der Waals surface area contributed by atoms with Gasteiger partial charge in [0.2, 0.25) is 11.8 Å². The van der Waals surface area contributed by atoms with Gasteiger partial charge in [-0.15, -0.1) is 0 Å². The number of aryl methyl sites for hydroxylation is 1. The van der Waals surface area contributed by atoms with E-state index in [2.05, 4.69) is 10.6 Å². The van der Waals surface area contributed by atoms with Crippen LogP contribution in [0.25, 0.3) is 0 Å². The molecule has 0 aliphatic heterocycles. The maximum Gasteiger partial charge on any atom is 0.243 e. The molecule has 0 fully saturated rings. The lowest BCUT2D eigenvalue weighted by atomic mass is 10.1. The fourth-order valence-corrected chi connectivity index (χ4v) is 2.68. The first-order chi connectivity index (χ1) is 14.5. The first kappa shape index (κ1) is 23.2. The second-order valence-corrected chi connectivity index (χ2v) is 6.96. The SMILES string of the molecule is CCOCCOc1cccc(NCC(=O)Nc2ccc(CCC(=O)N(C)C)cc2)c1. The van der Waals surface area contributed by atoms with Crippen molar-refractivity contribution >= 4 is 23.2 Å². The highest BCUT2D eigenvalue weighted by molar-refractivity contribution is 5.93. The van der Waals surface area contributed by atoms with E-state index in [-0.39, 0.29) is 18.4 Å². The molecule has 2 aromatic rings. The van der Waals surface area contributed by atoms with Crippen molar-refractivity contribution in [3.05, 3.63) is 54.1 Å². The molecule has 0 spiro atoms. The first-order valence-corrected chi connectivity index (χ1v) is 10.1. The van der Waals surface area contributed by atoms with Crippen LogP contribution in [-0.2, 0) is 20.7 Å². The predicted octanol–water partition coefficient (Wildman–Crippen LogP) is 3.17. The van der Waals surface area contributed by atoms with E-state index in [1.807, 2.05) is 55.5 Å². The summed E-state index contributed by atoms with van der Waals surface area (Å²) >= 11 is 0. The number of benzene rings is 2. The predicted molar refractivity (Wildman–Crippen MR) is 119 cm³/mol. The lowest BCUT2D eigenvalue weighted by molar-refractivity contribution is -0.128. The van der Waals surface area contributed by atoms with Gasteiger partial charge in [-0.3, -0.25) is 9.59 Å². The Morgan fingerprint density at radius 3 is 2.47 bits per heavy atom. The number of ether oxygens (including phenoxy) is 2. The van der Waals surface area contributed by atoms with Gasteiger partial charge in [0.25, 0.3) is 0 Å². The lowest BCUT2D eigenvalue weighted by Gasteiger charge is -2.11. The molecule has 2 rings (SSSR count). The van der Waals surface area contributed by atoms with E-state index < -0.39 is 0 Å². The average Bonchev–Trinajstić information content (AvgIpc) is 2.75. The quantitative estimate of drug-likeness (QED) is 0.523. The molecule has 0 atom stereocenters. The molecule has 2 amide bonds. The number of anilines is 2. The standard InChI is InChI=1S/C23H31N3O4/c1-4-29-14-15-30-21-7-5-6-20(16-21)24-17-22(27)25-19-11-8-18(9-12-19)10-13-23(28)26(2)3/h5-9,11-12,16,24H,4,10,13-15,17H2,1-3H3,(H,25,27). The fraction of sp³-hybridized carbons (Fsp3) is 0.391. The Hall–Kier alpha value is -3.06. The van der Waals surface area contributed by atoms with Gasteiger partial charge in [0.15, 0.2) is 0 Å². The second kappa shape index (κ2) is 12.5. The number of hydrogen-bond donors (Lipinski definition) is 2. The van der Waals surface area contributed by atoms with Gasteiger partial charge in [-0.25, -0.2) is 0 Å². The smallest absolute Gasteiger partial charge is 0.243 e. The molecule has 0 bridgehead atoms. The molecule has 30 heavy (non-hydrogen) atoms. The summed E-state index contributed by atoms with van der Waals surface area (Å²) in [5.74, 6) is 0.680. The molecular formula is C23H31N3O4. The van der Waals surface area contributed by atoms with Gasteiger partial charge in [-0.2, -0.15) is 0 Å². The van der Waals surface area contributed by atoms with Crippen LogP contribution in [0.5, 0.6) is 5.75 Å². The van der Waals surface area contributed by atoms with Crippen molar-refractivity contribution in [3.63, 3.8) is 0 Å². The van der Waals surface area contributed by atoms with Gasteiger partial charge >= 0.3 is 0 Å². The Morgan fingerprint density at radius 2 is 1.77 bits per heavy atom. The maximum atomic E-state index is 12.2. The van der Waals surface area contributed by atoms with Crippen LogP contribution < -0.4 is 15.4 Å². The number of rotatable bonds is 12. The third-order valence-corrected chi connectivity index (χ3v) is 4.35. The molecule has 0 unspecified atom stereocenters. The minimum atomic E-state index is -0.145. The number of nitrogens with one attached hydrogen (secondary N) is 2. The Bertz CT molecular complexity index is 806. The van der Waals surface area contributed by atoms with Crippen LogP contribution >= 0.6 is 0 Å². The minimum absolute atomic E-state index is 0.0993. The summed E-state index contributed by atoms with van der Waals surface area (Å²) in [6, 6.07) is 15.0. The summed E-state index contributed by atoms with van der Waals surface area (Å²) in [5, 5.41) is 5.96. The van der Waals surface area contributed by atoms with Crippen LogP contribution in [-0.4, -0.2) is 57.2 Å². The Labute approximate surface area is 178 Å². The molecule has 0 saturated heterocycles. The number of hydrogen-bond acceptors (Lipinski definition) is 5. The molecule has 7 heteroatoms. The molecule has 0 aromatic heterocycles. The highest BCUT2D eigenvalue weighted by atomic mass is 16.5. The van der Waals surface area contributed by atoms with E-state index in [4.69, 9.17) is 9.47 Å². The molecule has 2 N–H and O–H groups in total. The van der Waals surface area contributed by atoms with E-state index in [1.165, 1.54) is 0 Å². The van der Waals surface area contributed by atoms with Crippen molar-refractivity contribution in [1.82, 2.24) is 4.90 Å². The lowest BCUT2D eigenvalue weighted by Crippen LogP contribution is -2.22. The molecule has 2 aromatic carbocycles. The molecule has 0 aliphatic carbocycles. The Balaban J connectivity index is 1.76. The zero-order valence-corrected chi connectivity index (χ0v) is 17.9. The molecule has 0 radical (unpaired) electrons. The first-order valence-electron chi connectivity index (χ1n) is 10.1. The van der Waals surface area contributed by atoms with E-state index in [0.29, 0.717) is 32.7 Å². The maximum absolute atomic E-state index is 12.2. The number of carbonyl (C=O) groups excluding carboxylic acids is 2. The van der Waals surface area contributed by atoms with Gasteiger partial charge in [0.1, 0.15) is 12.4 Å². The number of nitrogens with zero attached hydrogens (tertiary/aromatic N) is 1. The van der Waals surface area contributed by atoms with Crippen LogP contribution in [0.4, 0.5) is 11.4 Å². The van der Waals surface area contributed by atoms with Crippen LogP contribution in [0.3, 0.4) is 0 Å². The van der Waals surface area contributed by atoms with Gasteiger partial charge in [-0.1, -0.05) is 18.2 Å². The normalized spacial score (nSPS) is 10.4. The summed E-state index contributed by atoms with van der Waals surface area (Å²) < 4.78 is 10.9. The van der Waals surface area contributed by atoms with Crippen molar-refractivity contribution < 1.29 is 19.1 Å². The molecular weight excluding hydrogens is 382 g/mol. The second-order valence-electron chi connectivity index (χ2n) is 6.96. The summed E-state index contributed by atoms with van der Waals surface area (Å²) in [5.41, 5.74) is 2.58. The van der Waals surface area contributed by atoms with Crippen LogP contribution in [0, 0.1) is 0 Å². The summed E-state index contributed by atoms with van der Waals surface area (Å²) in [7, 11) is 3.50. The van der Waals surface area contributed by atoms with Crippen molar-refractivity contribution in [2.75, 3.05) is 51.1 Å². The third kappa shape index (κ3) is 8.53. The minimum Gasteiger partial charge on any atom is -0.491 e. The van der Waals surface area contributed by atoms with E-state index in [1.54, 1.807) is 19.0 Å². The zero-order valence-electron chi connectivity index (χ0n) is 17.9. The van der Waals surface area contributed by atoms with Crippen molar-refractivity contribution in [3.8, 4) is 5.75 Å². The molecule has 0 saturated carbocycles. The van der Waals surface area contributed by atoms with Gasteiger partial charge in [-0.05, 0) is 43.2 Å². The molecule has 7 nitrogen and oxygen atoms in total. The Morgan fingerprint density at radius 1 is 1.00 bits per heavy atom. The van der Waals surface area contributed by atoms with Crippen molar-refractivity contribution in [2.24, 2.45) is 0 Å². The fourth-order valence-electron chi connectivity index (χ4n) is 2.68. The zero-order chi connectivity index (χ0) is 21.8. The van der Waals surface area contributed by atoms with E-state index >= 15 is 0 Å². The molecule has 0 aliphatic rings. The third-order valence-electron chi connectivity index (χ3n) is 4.35. The number of carbonyl (C=O) groups is 2. The topological polar surface area (TPSA) is 79.9 Å². The van der Waals surface area contributed by atoms with E-state index in [0.717, 1.165) is 22.7 Å². The highest BCUT2D eigenvalue weighted by Crippen LogP contribution is 2.17. The van der Waals surface area contributed by atoms with E-state index in [9.17, 15) is 9.59 Å². The Kier molecular flexibility index (Phi) is 9.67. The highest BCUT2D eigenvalue weighted by Gasteiger charge is 2.06. The number of amides is 2. The monoisotopic (exact) mass is 413 g/mol. The van der Waals surface area contributed by atoms with Crippen LogP contribution in [0.1, 0.15) is 18.9 Å². The van der Waals surface area contributed by atoms with Crippen molar-refractivity contribution in [2.45, 2.75) is 19.8 Å². The van der Waals surface area contributed by atoms with Gasteiger partial charge in [0.05, 0.1) is 13.2 Å².